The summed E-state index contributed by atoms with van der Waals surface area (Å²) in [6.45, 7) is 0. The number of aromatic nitrogens is 8. The Hall–Kier alpha value is -7.55. The zero-order valence-electron chi connectivity index (χ0n) is 30.7. The van der Waals surface area contributed by atoms with Crippen molar-refractivity contribution in [3.8, 4) is 34.0 Å². The molecule has 0 spiro atoms. The molecule has 22 heteroatoms. The van der Waals surface area contributed by atoms with Crippen LogP contribution in [0.15, 0.2) is 97.3 Å². The first-order chi connectivity index (χ1) is 28.6. The molecule has 0 aliphatic carbocycles. The van der Waals surface area contributed by atoms with Crippen LogP contribution in [0.25, 0.3) is 44.6 Å². The molecule has 0 saturated heterocycles. The Morgan fingerprint density at radius 2 is 1.15 bits per heavy atom. The average Bonchev–Trinajstić information content (AvgIpc) is 3.82. The van der Waals surface area contributed by atoms with Gasteiger partial charge in [0.25, 0.3) is 0 Å². The molecule has 0 fully saturated rings. The summed E-state index contributed by atoms with van der Waals surface area (Å²) >= 11 is 5.61. The van der Waals surface area contributed by atoms with Gasteiger partial charge in [0.1, 0.15) is 34.8 Å². The Balaban J connectivity index is 0.000000173. The van der Waals surface area contributed by atoms with Crippen molar-refractivity contribution < 1.29 is 50.1 Å². The molecule has 0 atom stereocenters. The van der Waals surface area contributed by atoms with Crippen LogP contribution in [-0.2, 0) is 4.79 Å². The molecule has 8 rings (SSSR count). The number of ether oxygens (including phenoxy) is 2. The van der Waals surface area contributed by atoms with E-state index >= 15 is 0 Å². The summed E-state index contributed by atoms with van der Waals surface area (Å²) in [7, 11) is 3.17. The second-order valence-electron chi connectivity index (χ2n) is 11.6. The maximum absolute atomic E-state index is 14.0. The summed E-state index contributed by atoms with van der Waals surface area (Å²) in [5.74, 6) is -3.85. The van der Waals surface area contributed by atoms with Gasteiger partial charge in [-0.1, -0.05) is 36.4 Å². The van der Waals surface area contributed by atoms with E-state index in [4.69, 9.17) is 36.7 Å². The van der Waals surface area contributed by atoms with Gasteiger partial charge in [0.15, 0.2) is 11.3 Å². The summed E-state index contributed by atoms with van der Waals surface area (Å²) in [6.07, 6.45) is -2.25. The number of fused-ring (bicyclic) bond motifs is 2. The van der Waals surface area contributed by atoms with Crippen LogP contribution >= 0.6 is 11.6 Å². The number of carboxylic acid groups (broad SMARTS) is 1. The number of H-pyrrole nitrogens is 2. The summed E-state index contributed by atoms with van der Waals surface area (Å²) in [5, 5.41) is 24.1. The predicted octanol–water partition coefficient (Wildman–Crippen LogP) is 8.91. The fourth-order valence-electron chi connectivity index (χ4n) is 5.04. The molecule has 0 unspecified atom stereocenters. The first-order valence-electron chi connectivity index (χ1n) is 16.7. The molecule has 4 aromatic heterocycles. The lowest BCUT2D eigenvalue weighted by Gasteiger charge is -2.09. The van der Waals surface area contributed by atoms with Crippen LogP contribution in [-0.4, -0.2) is 71.8 Å². The molecule has 0 saturated carbocycles. The van der Waals surface area contributed by atoms with Gasteiger partial charge < -0.3 is 25.6 Å². The van der Waals surface area contributed by atoms with E-state index in [9.17, 15) is 30.7 Å². The standard InChI is InChI=1S/C18H13F2N5O.C11H5ClF2N4.C7H9NO.C2HF3O2/c1-26-14-8-3-2-7-13(14)22-18-21-9-10-16(24-25-17(10)23-18)15-11(19)5-4-6-12(15)20;12-11-15-4-5-9(17-18-10(5)16-11)8-6(13)2-1-3-7(8)14;1-9-7-5-3-2-4-6(7)8;3-2(4,5)1(6)7/h2-9H,1H3,(H2,21,22,23,24,25);1-4H,(H,15,16,17,18);2-5H,8H2,1H3;(H,6,7). The highest BCUT2D eigenvalue weighted by atomic mass is 35.5. The lowest BCUT2D eigenvalue weighted by atomic mass is 10.1. The number of nitrogens with two attached hydrogens (primary N) is 1. The number of alkyl halides is 3. The third kappa shape index (κ3) is 10.5. The Kier molecular flexibility index (Phi) is 14.0. The van der Waals surface area contributed by atoms with E-state index in [0.29, 0.717) is 27.9 Å². The first-order valence-corrected chi connectivity index (χ1v) is 17.1. The van der Waals surface area contributed by atoms with E-state index in [0.717, 1.165) is 5.75 Å². The summed E-state index contributed by atoms with van der Waals surface area (Å²) in [5.41, 5.74) is 7.42. The maximum atomic E-state index is 14.0. The number of rotatable bonds is 6. The van der Waals surface area contributed by atoms with Crippen molar-refractivity contribution in [2.75, 3.05) is 25.3 Å². The van der Waals surface area contributed by atoms with Gasteiger partial charge in [-0.2, -0.15) is 33.3 Å². The number of nitrogen functional groups attached to an aromatic ring is 1. The Morgan fingerprint density at radius 3 is 1.62 bits per heavy atom. The molecule has 0 aliphatic heterocycles. The Morgan fingerprint density at radius 1 is 0.700 bits per heavy atom. The van der Waals surface area contributed by atoms with Gasteiger partial charge in [-0.3, -0.25) is 10.2 Å². The summed E-state index contributed by atoms with van der Waals surface area (Å²) < 4.78 is 97.3. The fourth-order valence-corrected chi connectivity index (χ4v) is 5.16. The van der Waals surface area contributed by atoms with Crippen molar-refractivity contribution in [3.63, 3.8) is 0 Å². The number of nitrogens with zero attached hydrogens (tertiary/aromatic N) is 6. The van der Waals surface area contributed by atoms with Gasteiger partial charge in [0, 0.05) is 12.4 Å². The normalized spacial score (nSPS) is 10.7. The van der Waals surface area contributed by atoms with Gasteiger partial charge in [0.05, 0.1) is 58.9 Å². The van der Waals surface area contributed by atoms with Crippen LogP contribution in [0, 0.1) is 23.3 Å². The molecule has 0 amide bonds. The second kappa shape index (κ2) is 19.3. The maximum Gasteiger partial charge on any atom is 0.490 e. The predicted molar refractivity (Wildman–Crippen MR) is 206 cm³/mol. The third-order valence-corrected chi connectivity index (χ3v) is 7.94. The largest absolute Gasteiger partial charge is 0.495 e. The molecule has 6 N–H and O–H groups in total. The lowest BCUT2D eigenvalue weighted by Crippen LogP contribution is -2.21. The monoisotopic (exact) mass is 856 g/mol. The molecule has 8 aromatic rings. The lowest BCUT2D eigenvalue weighted by molar-refractivity contribution is -0.192. The van der Waals surface area contributed by atoms with E-state index < -0.39 is 35.4 Å². The smallest absolute Gasteiger partial charge is 0.490 e. The SMILES string of the molecule is COc1ccccc1N.COc1ccccc1Nc1ncc2c(-c3c(F)cccc3F)[nH]nc2n1.Fc1cccc(F)c1-c1[nH]nc2nc(Cl)ncc12.O=C(O)C(F)(F)F. The van der Waals surface area contributed by atoms with Crippen molar-refractivity contribution in [1.82, 2.24) is 40.3 Å². The van der Waals surface area contributed by atoms with Crippen LogP contribution in [0.4, 0.5) is 48.1 Å². The number of hydrogen-bond donors (Lipinski definition) is 5. The molecule has 0 radical (unpaired) electrons. The van der Waals surface area contributed by atoms with E-state index in [1.807, 2.05) is 36.4 Å². The van der Waals surface area contributed by atoms with Crippen LogP contribution < -0.4 is 20.5 Å². The van der Waals surface area contributed by atoms with Crippen LogP contribution in [0.5, 0.6) is 11.5 Å². The third-order valence-electron chi connectivity index (χ3n) is 7.75. The number of anilines is 3. The fraction of sp³-hybridized carbons (Fsp3) is 0.0789. The second-order valence-corrected chi connectivity index (χ2v) is 11.9. The number of hydrogen-bond acceptors (Lipinski definition) is 11. The van der Waals surface area contributed by atoms with Crippen molar-refractivity contribution in [2.24, 2.45) is 0 Å². The number of nitrogens with one attached hydrogen (secondary N) is 3. The van der Waals surface area contributed by atoms with Gasteiger partial charge in [-0.15, -0.1) is 0 Å². The van der Waals surface area contributed by atoms with Crippen LogP contribution in [0.1, 0.15) is 0 Å². The van der Waals surface area contributed by atoms with E-state index in [2.05, 4.69) is 45.6 Å². The summed E-state index contributed by atoms with van der Waals surface area (Å²) in [6, 6.07) is 22.0. The van der Waals surface area contributed by atoms with Crippen LogP contribution in [0.3, 0.4) is 0 Å². The molecule has 14 nitrogen and oxygen atoms in total. The zero-order chi connectivity index (χ0) is 43.6. The van der Waals surface area contributed by atoms with E-state index in [1.54, 1.807) is 26.4 Å². The minimum absolute atomic E-state index is 0.0227. The number of benzene rings is 4. The molecular weight excluding hydrogens is 829 g/mol. The highest BCUT2D eigenvalue weighted by Gasteiger charge is 2.38. The number of aromatic amines is 2. The van der Waals surface area contributed by atoms with E-state index in [1.165, 1.54) is 48.8 Å². The minimum Gasteiger partial charge on any atom is -0.495 e. The molecule has 4 aromatic carbocycles. The number of carboxylic acids is 1. The molecule has 0 bridgehead atoms. The Labute approximate surface area is 338 Å². The van der Waals surface area contributed by atoms with Gasteiger partial charge in [-0.25, -0.2) is 32.3 Å². The van der Waals surface area contributed by atoms with Crippen molar-refractivity contribution >= 4 is 57.0 Å². The summed E-state index contributed by atoms with van der Waals surface area (Å²) in [4.78, 5) is 25.0. The molecule has 0 aliphatic rings. The zero-order valence-corrected chi connectivity index (χ0v) is 31.4. The van der Waals surface area contributed by atoms with Crippen LogP contribution in [0.2, 0.25) is 5.28 Å². The van der Waals surface area contributed by atoms with Gasteiger partial charge >= 0.3 is 12.1 Å². The Bertz CT molecular complexity index is 2710. The first kappa shape index (κ1) is 43.6. The van der Waals surface area contributed by atoms with Crippen molar-refractivity contribution in [1.29, 1.82) is 0 Å². The minimum atomic E-state index is -5.08. The van der Waals surface area contributed by atoms with Gasteiger partial charge in [0.2, 0.25) is 11.2 Å². The molecule has 310 valence electrons. The highest BCUT2D eigenvalue weighted by molar-refractivity contribution is 6.28. The molecular formula is C38H28ClF7N10O4. The number of para-hydroxylation sites is 4. The number of methoxy groups -OCH3 is 2. The molecule has 60 heavy (non-hydrogen) atoms. The number of aliphatic carboxylic acids is 1. The topological polar surface area (TPSA) is 203 Å². The van der Waals surface area contributed by atoms with Gasteiger partial charge in [-0.05, 0) is 60.1 Å². The quantitative estimate of drug-likeness (QED) is 0.0605. The average molecular weight is 857 g/mol. The highest BCUT2D eigenvalue weighted by Crippen LogP contribution is 2.32. The number of halogens is 8. The van der Waals surface area contributed by atoms with Crippen molar-refractivity contribution in [3.05, 3.63) is 126 Å². The molecule has 4 heterocycles. The van der Waals surface area contributed by atoms with E-state index in [-0.39, 0.29) is 45.0 Å². The number of carbonyl (C=O) groups is 1. The van der Waals surface area contributed by atoms with Crippen molar-refractivity contribution in [2.45, 2.75) is 6.18 Å².